The maximum absolute atomic E-state index is 9.52. The van der Waals surface area contributed by atoms with Crippen molar-refractivity contribution in [1.82, 2.24) is 4.90 Å². The van der Waals surface area contributed by atoms with Gasteiger partial charge in [0, 0.05) is 12.1 Å². The molecule has 0 unspecified atom stereocenters. The second-order valence-electron chi connectivity index (χ2n) is 5.28. The van der Waals surface area contributed by atoms with E-state index in [0.717, 1.165) is 24.9 Å². The minimum absolute atomic E-state index is 0.00604. The molecule has 0 spiro atoms. The van der Waals surface area contributed by atoms with Gasteiger partial charge in [0.05, 0.1) is 6.10 Å². The van der Waals surface area contributed by atoms with Gasteiger partial charge in [-0.1, -0.05) is 13.3 Å². The number of rotatable bonds is 5. The summed E-state index contributed by atoms with van der Waals surface area (Å²) in [5, 5.41) is 9.52. The second-order valence-corrected chi connectivity index (χ2v) is 5.28. The molecule has 2 fully saturated rings. The van der Waals surface area contributed by atoms with Crippen LogP contribution >= 0.6 is 0 Å². The molecule has 1 N–H and O–H groups in total. The third-order valence-electron chi connectivity index (χ3n) is 3.92. The smallest absolute Gasteiger partial charge is 0.0541 e. The summed E-state index contributed by atoms with van der Waals surface area (Å²) in [7, 11) is 0. The molecule has 0 bridgehead atoms. The van der Waals surface area contributed by atoms with Gasteiger partial charge in [-0.25, -0.2) is 0 Å². The molecule has 2 aliphatic carbocycles. The fourth-order valence-electron chi connectivity index (χ4n) is 2.80. The first-order chi connectivity index (χ1) is 7.31. The average Bonchev–Trinajstić information content (AvgIpc) is 3.05. The molecule has 0 atom stereocenters. The minimum Gasteiger partial charge on any atom is -0.393 e. The molecule has 0 aromatic rings. The zero-order valence-electron chi connectivity index (χ0n) is 9.99. The molecule has 0 aliphatic heterocycles. The van der Waals surface area contributed by atoms with Crippen molar-refractivity contribution < 1.29 is 5.11 Å². The van der Waals surface area contributed by atoms with Gasteiger partial charge < -0.3 is 5.11 Å². The SMILES string of the molecule is CCCCN(C1CCC(O)CC1)C1CC1. The highest BCUT2D eigenvalue weighted by molar-refractivity contribution is 4.90. The van der Waals surface area contributed by atoms with Crippen LogP contribution < -0.4 is 0 Å². The van der Waals surface area contributed by atoms with Crippen molar-refractivity contribution >= 4 is 0 Å². The molecule has 0 saturated heterocycles. The van der Waals surface area contributed by atoms with Crippen LogP contribution in [0.2, 0.25) is 0 Å². The summed E-state index contributed by atoms with van der Waals surface area (Å²) in [4.78, 5) is 2.75. The predicted molar refractivity (Wildman–Crippen MR) is 62.9 cm³/mol. The molecule has 2 heteroatoms. The Morgan fingerprint density at radius 3 is 2.00 bits per heavy atom. The maximum Gasteiger partial charge on any atom is 0.0541 e. The first-order valence-electron chi connectivity index (χ1n) is 6.75. The quantitative estimate of drug-likeness (QED) is 0.755. The van der Waals surface area contributed by atoms with Crippen LogP contribution in [0.25, 0.3) is 0 Å². The number of hydrogen-bond donors (Lipinski definition) is 1. The van der Waals surface area contributed by atoms with Gasteiger partial charge in [-0.05, 0) is 51.5 Å². The lowest BCUT2D eigenvalue weighted by Crippen LogP contribution is -2.41. The van der Waals surface area contributed by atoms with Crippen LogP contribution in [0, 0.1) is 0 Å². The van der Waals surface area contributed by atoms with Crippen LogP contribution in [0.4, 0.5) is 0 Å². The first-order valence-corrected chi connectivity index (χ1v) is 6.75. The second kappa shape index (κ2) is 5.31. The minimum atomic E-state index is -0.00604. The number of hydrogen-bond acceptors (Lipinski definition) is 2. The summed E-state index contributed by atoms with van der Waals surface area (Å²) in [6.45, 7) is 3.57. The molecule has 0 aromatic carbocycles. The number of nitrogens with zero attached hydrogens (tertiary/aromatic N) is 1. The lowest BCUT2D eigenvalue weighted by Gasteiger charge is -2.36. The van der Waals surface area contributed by atoms with Gasteiger partial charge in [0.2, 0.25) is 0 Å². The van der Waals surface area contributed by atoms with E-state index in [0.29, 0.717) is 0 Å². The van der Waals surface area contributed by atoms with Crippen LogP contribution in [-0.4, -0.2) is 34.7 Å². The van der Waals surface area contributed by atoms with Crippen LogP contribution in [0.3, 0.4) is 0 Å². The summed E-state index contributed by atoms with van der Waals surface area (Å²) in [6, 6.07) is 1.68. The van der Waals surface area contributed by atoms with E-state index in [2.05, 4.69) is 11.8 Å². The largest absolute Gasteiger partial charge is 0.393 e. The van der Waals surface area contributed by atoms with E-state index in [-0.39, 0.29) is 6.10 Å². The third kappa shape index (κ3) is 3.18. The Hall–Kier alpha value is -0.0800. The monoisotopic (exact) mass is 211 g/mol. The summed E-state index contributed by atoms with van der Waals surface area (Å²) in [5.74, 6) is 0. The standard InChI is InChI=1S/C13H25NO/c1-2-3-10-14(11-4-5-11)12-6-8-13(15)9-7-12/h11-13,15H,2-10H2,1H3. The molecule has 0 amide bonds. The Kier molecular flexibility index (Phi) is 4.04. The molecule has 2 saturated carbocycles. The average molecular weight is 211 g/mol. The van der Waals surface area contributed by atoms with E-state index in [1.165, 1.54) is 45.1 Å². The first kappa shape index (κ1) is 11.4. The lowest BCUT2D eigenvalue weighted by molar-refractivity contribution is 0.0692. The molecule has 88 valence electrons. The van der Waals surface area contributed by atoms with Crippen LogP contribution in [-0.2, 0) is 0 Å². The predicted octanol–water partition coefficient (Wildman–Crippen LogP) is 2.55. The van der Waals surface area contributed by atoms with E-state index in [1.807, 2.05) is 0 Å². The molecule has 2 nitrogen and oxygen atoms in total. The van der Waals surface area contributed by atoms with E-state index < -0.39 is 0 Å². The third-order valence-corrected chi connectivity index (χ3v) is 3.92. The Balaban J connectivity index is 1.81. The van der Waals surface area contributed by atoms with Crippen molar-refractivity contribution in [3.05, 3.63) is 0 Å². The Morgan fingerprint density at radius 1 is 1.00 bits per heavy atom. The van der Waals surface area contributed by atoms with Crippen molar-refractivity contribution in [2.75, 3.05) is 6.54 Å². The van der Waals surface area contributed by atoms with Crippen molar-refractivity contribution in [3.63, 3.8) is 0 Å². The van der Waals surface area contributed by atoms with Crippen LogP contribution in [0.15, 0.2) is 0 Å². The fourth-order valence-corrected chi connectivity index (χ4v) is 2.80. The molecular weight excluding hydrogens is 186 g/mol. The summed E-state index contributed by atoms with van der Waals surface area (Å²) < 4.78 is 0. The van der Waals surface area contributed by atoms with E-state index in [4.69, 9.17) is 0 Å². The van der Waals surface area contributed by atoms with Gasteiger partial charge in [0.15, 0.2) is 0 Å². The van der Waals surface area contributed by atoms with Gasteiger partial charge in [0.1, 0.15) is 0 Å². The maximum atomic E-state index is 9.52. The Bertz CT molecular complexity index is 183. The summed E-state index contributed by atoms with van der Waals surface area (Å²) >= 11 is 0. The zero-order chi connectivity index (χ0) is 10.7. The molecule has 0 heterocycles. The summed E-state index contributed by atoms with van der Waals surface area (Å²) in [6.07, 6.45) is 9.98. The topological polar surface area (TPSA) is 23.5 Å². The van der Waals surface area contributed by atoms with Gasteiger partial charge >= 0.3 is 0 Å². The van der Waals surface area contributed by atoms with Gasteiger partial charge in [0.25, 0.3) is 0 Å². The molecule has 15 heavy (non-hydrogen) atoms. The molecule has 2 aliphatic rings. The Labute approximate surface area is 93.7 Å². The van der Waals surface area contributed by atoms with Crippen molar-refractivity contribution in [3.8, 4) is 0 Å². The molecule has 2 rings (SSSR count). The molecular formula is C13H25NO. The molecule has 0 radical (unpaired) electrons. The van der Waals surface area contributed by atoms with Crippen LogP contribution in [0.1, 0.15) is 58.3 Å². The number of aliphatic hydroxyl groups excluding tert-OH is 1. The van der Waals surface area contributed by atoms with Gasteiger partial charge in [-0.15, -0.1) is 0 Å². The fraction of sp³-hybridized carbons (Fsp3) is 1.00. The lowest BCUT2D eigenvalue weighted by atomic mass is 9.91. The van der Waals surface area contributed by atoms with E-state index in [1.54, 1.807) is 0 Å². The van der Waals surface area contributed by atoms with Gasteiger partial charge in [-0.2, -0.15) is 0 Å². The van der Waals surface area contributed by atoms with Crippen molar-refractivity contribution in [2.24, 2.45) is 0 Å². The van der Waals surface area contributed by atoms with Crippen LogP contribution in [0.5, 0.6) is 0 Å². The normalized spacial score (nSPS) is 32.2. The van der Waals surface area contributed by atoms with E-state index in [9.17, 15) is 5.11 Å². The summed E-state index contributed by atoms with van der Waals surface area (Å²) in [5.41, 5.74) is 0. The highest BCUT2D eigenvalue weighted by atomic mass is 16.3. The highest BCUT2D eigenvalue weighted by Crippen LogP contribution is 2.33. The molecule has 0 aromatic heterocycles. The highest BCUT2D eigenvalue weighted by Gasteiger charge is 2.34. The number of aliphatic hydroxyl groups is 1. The van der Waals surface area contributed by atoms with Gasteiger partial charge in [-0.3, -0.25) is 4.90 Å². The van der Waals surface area contributed by atoms with Crippen molar-refractivity contribution in [1.29, 1.82) is 0 Å². The van der Waals surface area contributed by atoms with Crippen molar-refractivity contribution in [2.45, 2.75) is 76.5 Å². The Morgan fingerprint density at radius 2 is 1.53 bits per heavy atom. The van der Waals surface area contributed by atoms with E-state index >= 15 is 0 Å². The number of unbranched alkanes of at least 4 members (excludes halogenated alkanes) is 1. The zero-order valence-corrected chi connectivity index (χ0v) is 9.99.